The number of rotatable bonds is 5. The van der Waals surface area contributed by atoms with Gasteiger partial charge in [0, 0.05) is 11.6 Å². The Kier molecular flexibility index (Phi) is 4.71. The highest BCUT2D eigenvalue weighted by molar-refractivity contribution is 5.54. The lowest BCUT2D eigenvalue weighted by molar-refractivity contribution is 0.212. The van der Waals surface area contributed by atoms with Crippen molar-refractivity contribution >= 4 is 0 Å². The summed E-state index contributed by atoms with van der Waals surface area (Å²) in [5, 5.41) is 4.15. The Hall–Kier alpha value is -2.66. The first kappa shape index (κ1) is 16.8. The van der Waals surface area contributed by atoms with Crippen LogP contribution >= 0.6 is 0 Å². The third-order valence-corrected chi connectivity index (χ3v) is 4.98. The van der Waals surface area contributed by atoms with Crippen molar-refractivity contribution in [1.82, 2.24) is 15.0 Å². The van der Waals surface area contributed by atoms with Gasteiger partial charge in [0.1, 0.15) is 5.75 Å². The van der Waals surface area contributed by atoms with E-state index in [4.69, 9.17) is 9.26 Å². The van der Waals surface area contributed by atoms with Gasteiger partial charge in [0.2, 0.25) is 11.7 Å². The summed E-state index contributed by atoms with van der Waals surface area (Å²) >= 11 is 0. The van der Waals surface area contributed by atoms with E-state index in [0.29, 0.717) is 24.3 Å². The van der Waals surface area contributed by atoms with Crippen LogP contribution in [0.4, 0.5) is 0 Å². The average molecular weight is 349 g/mol. The first-order valence-electron chi connectivity index (χ1n) is 9.00. The van der Waals surface area contributed by atoms with Crippen LogP contribution in [0, 0.1) is 6.92 Å². The zero-order valence-corrected chi connectivity index (χ0v) is 15.2. The maximum absolute atomic E-state index is 5.51. The minimum Gasteiger partial charge on any atom is -0.497 e. The van der Waals surface area contributed by atoms with E-state index in [1.165, 1.54) is 17.5 Å². The van der Waals surface area contributed by atoms with E-state index in [2.05, 4.69) is 46.2 Å². The van der Waals surface area contributed by atoms with Crippen molar-refractivity contribution in [2.24, 2.45) is 0 Å². The van der Waals surface area contributed by atoms with Gasteiger partial charge < -0.3 is 9.26 Å². The van der Waals surface area contributed by atoms with Crippen molar-refractivity contribution in [1.29, 1.82) is 0 Å². The van der Waals surface area contributed by atoms with Crippen molar-refractivity contribution < 1.29 is 9.26 Å². The second-order valence-corrected chi connectivity index (χ2v) is 6.78. The zero-order valence-electron chi connectivity index (χ0n) is 15.2. The molecule has 4 rings (SSSR count). The maximum Gasteiger partial charge on any atom is 0.241 e. The largest absolute Gasteiger partial charge is 0.497 e. The quantitative estimate of drug-likeness (QED) is 0.684. The number of likely N-dealkylation sites (tertiary alicyclic amines) is 1. The molecule has 1 saturated heterocycles. The van der Waals surface area contributed by atoms with E-state index in [9.17, 15) is 0 Å². The van der Waals surface area contributed by atoms with Crippen LogP contribution < -0.4 is 4.74 Å². The molecule has 0 radical (unpaired) electrons. The van der Waals surface area contributed by atoms with Crippen molar-refractivity contribution in [2.45, 2.75) is 32.4 Å². The molecule has 0 unspecified atom stereocenters. The number of ether oxygens (including phenoxy) is 1. The molecule has 0 spiro atoms. The molecular weight excluding hydrogens is 326 g/mol. The minimum absolute atomic E-state index is 0.385. The second kappa shape index (κ2) is 7.30. The van der Waals surface area contributed by atoms with Crippen LogP contribution in [-0.4, -0.2) is 28.7 Å². The van der Waals surface area contributed by atoms with Gasteiger partial charge in [-0.15, -0.1) is 0 Å². The Morgan fingerprint density at radius 2 is 1.88 bits per heavy atom. The molecule has 26 heavy (non-hydrogen) atoms. The normalized spacial score (nSPS) is 17.5. The van der Waals surface area contributed by atoms with Crippen LogP contribution in [0.5, 0.6) is 5.75 Å². The highest BCUT2D eigenvalue weighted by Crippen LogP contribution is 2.33. The van der Waals surface area contributed by atoms with E-state index >= 15 is 0 Å². The van der Waals surface area contributed by atoms with Gasteiger partial charge in [-0.05, 0) is 44.0 Å². The summed E-state index contributed by atoms with van der Waals surface area (Å²) in [5.41, 5.74) is 3.51. The van der Waals surface area contributed by atoms with E-state index in [-0.39, 0.29) is 0 Å². The van der Waals surface area contributed by atoms with Crippen molar-refractivity contribution in [3.05, 3.63) is 65.5 Å². The molecule has 1 fully saturated rings. The molecule has 2 heterocycles. The smallest absolute Gasteiger partial charge is 0.241 e. The molecule has 0 bridgehead atoms. The molecular formula is C21H23N3O2. The zero-order chi connectivity index (χ0) is 17.9. The van der Waals surface area contributed by atoms with Crippen LogP contribution in [0.15, 0.2) is 53.1 Å². The number of benzene rings is 2. The van der Waals surface area contributed by atoms with Crippen LogP contribution in [0.1, 0.15) is 35.9 Å². The van der Waals surface area contributed by atoms with Crippen molar-refractivity contribution in [3.63, 3.8) is 0 Å². The van der Waals surface area contributed by atoms with Crippen LogP contribution in [0.3, 0.4) is 0 Å². The Labute approximate surface area is 153 Å². The van der Waals surface area contributed by atoms with E-state index in [0.717, 1.165) is 24.3 Å². The summed E-state index contributed by atoms with van der Waals surface area (Å²) < 4.78 is 10.8. The highest BCUT2D eigenvalue weighted by Gasteiger charge is 2.27. The summed E-state index contributed by atoms with van der Waals surface area (Å²) in [6.07, 6.45) is 2.32. The Balaban J connectivity index is 1.48. The van der Waals surface area contributed by atoms with E-state index < -0.39 is 0 Å². The Bertz CT molecular complexity index is 856. The molecule has 0 aliphatic carbocycles. The minimum atomic E-state index is 0.385. The van der Waals surface area contributed by atoms with Gasteiger partial charge in [-0.2, -0.15) is 4.98 Å². The SMILES string of the molecule is COc1ccc([C@@H]2CCCN2Cc2nc(-c3ccc(C)cc3)no2)cc1. The molecule has 5 nitrogen and oxygen atoms in total. The molecule has 134 valence electrons. The Morgan fingerprint density at radius 3 is 2.62 bits per heavy atom. The van der Waals surface area contributed by atoms with Crippen molar-refractivity contribution in [3.8, 4) is 17.1 Å². The van der Waals surface area contributed by atoms with Gasteiger partial charge in [-0.1, -0.05) is 47.1 Å². The molecule has 0 saturated carbocycles. The first-order valence-corrected chi connectivity index (χ1v) is 9.00. The average Bonchev–Trinajstić information content (AvgIpc) is 3.33. The maximum atomic E-state index is 5.51. The van der Waals surface area contributed by atoms with Crippen LogP contribution in [0.25, 0.3) is 11.4 Å². The van der Waals surface area contributed by atoms with Gasteiger partial charge in [0.15, 0.2) is 0 Å². The number of nitrogens with zero attached hydrogens (tertiary/aromatic N) is 3. The van der Waals surface area contributed by atoms with Gasteiger partial charge >= 0.3 is 0 Å². The molecule has 0 N–H and O–H groups in total. The summed E-state index contributed by atoms with van der Waals surface area (Å²) in [6.45, 7) is 3.78. The predicted molar refractivity (Wildman–Crippen MR) is 99.9 cm³/mol. The van der Waals surface area contributed by atoms with Gasteiger partial charge in [-0.25, -0.2) is 0 Å². The molecule has 1 aliphatic heterocycles. The topological polar surface area (TPSA) is 51.4 Å². The van der Waals surface area contributed by atoms with Crippen molar-refractivity contribution in [2.75, 3.05) is 13.7 Å². The Morgan fingerprint density at radius 1 is 1.12 bits per heavy atom. The standard InChI is InChI=1S/C21H23N3O2/c1-15-5-7-17(8-6-15)21-22-20(26-23-21)14-24-13-3-4-19(24)16-9-11-18(25-2)12-10-16/h5-12,19H,3-4,13-14H2,1-2H3/t19-/m0/s1. The lowest BCUT2D eigenvalue weighted by Crippen LogP contribution is -2.22. The highest BCUT2D eigenvalue weighted by atomic mass is 16.5. The summed E-state index contributed by atoms with van der Waals surface area (Å²) in [7, 11) is 1.69. The summed E-state index contributed by atoms with van der Waals surface area (Å²) in [6, 6.07) is 16.9. The third-order valence-electron chi connectivity index (χ3n) is 4.98. The summed E-state index contributed by atoms with van der Waals surface area (Å²) in [5.74, 6) is 2.21. The first-order chi connectivity index (χ1) is 12.7. The molecule has 3 aromatic rings. The predicted octanol–water partition coefficient (Wildman–Crippen LogP) is 4.39. The number of hydrogen-bond acceptors (Lipinski definition) is 5. The number of aromatic nitrogens is 2. The molecule has 2 aromatic carbocycles. The van der Waals surface area contributed by atoms with E-state index in [1.807, 2.05) is 24.3 Å². The van der Waals surface area contributed by atoms with Crippen LogP contribution in [0.2, 0.25) is 0 Å². The van der Waals surface area contributed by atoms with Crippen LogP contribution in [-0.2, 0) is 6.54 Å². The molecule has 0 amide bonds. The monoisotopic (exact) mass is 349 g/mol. The fourth-order valence-electron chi connectivity index (χ4n) is 3.53. The fourth-order valence-corrected chi connectivity index (χ4v) is 3.53. The van der Waals surface area contributed by atoms with Gasteiger partial charge in [0.25, 0.3) is 0 Å². The number of aryl methyl sites for hydroxylation is 1. The molecule has 1 aliphatic rings. The number of methoxy groups -OCH3 is 1. The molecule has 1 atom stereocenters. The second-order valence-electron chi connectivity index (χ2n) is 6.78. The number of hydrogen-bond donors (Lipinski definition) is 0. The fraction of sp³-hybridized carbons (Fsp3) is 0.333. The van der Waals surface area contributed by atoms with E-state index in [1.54, 1.807) is 7.11 Å². The summed E-state index contributed by atoms with van der Waals surface area (Å²) in [4.78, 5) is 7.00. The third kappa shape index (κ3) is 3.48. The van der Waals surface area contributed by atoms with Gasteiger partial charge in [-0.3, -0.25) is 4.90 Å². The lowest BCUT2D eigenvalue weighted by Gasteiger charge is -2.23. The van der Waals surface area contributed by atoms with Gasteiger partial charge in [0.05, 0.1) is 13.7 Å². The molecule has 5 heteroatoms. The molecule has 1 aromatic heterocycles. The lowest BCUT2D eigenvalue weighted by atomic mass is 10.0.